The zero-order valence-electron chi connectivity index (χ0n) is 27.1. The average molecular weight is 521 g/mol. The van der Waals surface area contributed by atoms with Crippen molar-refractivity contribution in [3.8, 4) is 0 Å². The molecule has 0 amide bonds. The highest BCUT2D eigenvalue weighted by Crippen LogP contribution is 2.30. The molecule has 0 N–H and O–H groups in total. The molecule has 0 saturated heterocycles. The summed E-state index contributed by atoms with van der Waals surface area (Å²) in [6, 6.07) is 0. The van der Waals surface area contributed by atoms with Crippen molar-refractivity contribution in [1.29, 1.82) is 0 Å². The second-order valence-electron chi connectivity index (χ2n) is 12.9. The maximum Gasteiger partial charge on any atom is -0.0412 e. The fraction of sp³-hybridized carbons (Fsp3) is 1.00. The zero-order valence-corrected chi connectivity index (χ0v) is 27.1. The van der Waals surface area contributed by atoms with E-state index in [0.717, 1.165) is 11.8 Å². The molecule has 0 aromatic rings. The van der Waals surface area contributed by atoms with E-state index in [1.807, 2.05) is 0 Å². The van der Waals surface area contributed by atoms with Gasteiger partial charge >= 0.3 is 0 Å². The highest BCUT2D eigenvalue weighted by atomic mass is 14.2. The first-order chi connectivity index (χ1) is 18.3. The van der Waals surface area contributed by atoms with Gasteiger partial charge < -0.3 is 0 Å². The van der Waals surface area contributed by atoms with E-state index in [1.165, 1.54) is 193 Å². The summed E-state index contributed by atoms with van der Waals surface area (Å²) < 4.78 is 0. The minimum atomic E-state index is 1.00. The molecule has 224 valence electrons. The lowest BCUT2D eigenvalue weighted by molar-refractivity contribution is 0.293. The van der Waals surface area contributed by atoms with Gasteiger partial charge in [0.1, 0.15) is 0 Å². The highest BCUT2D eigenvalue weighted by Gasteiger charge is 2.15. The molecular formula is C37H76. The Morgan fingerprint density at radius 3 is 0.784 bits per heavy atom. The first-order valence-corrected chi connectivity index (χ1v) is 18.3. The lowest BCUT2D eigenvalue weighted by atomic mass is 9.83. The van der Waals surface area contributed by atoms with Gasteiger partial charge in [-0.1, -0.05) is 220 Å². The summed E-state index contributed by atoms with van der Waals surface area (Å²) in [4.78, 5) is 0. The lowest BCUT2D eigenvalue weighted by Gasteiger charge is -2.23. The molecule has 0 spiro atoms. The molecule has 0 rings (SSSR count). The minimum absolute atomic E-state index is 1.00. The molecule has 0 bridgehead atoms. The SMILES string of the molecule is CCCCCCCCCCCCC(CCCCCCCCCC)CC(CC)CCCCCCCCCC. The van der Waals surface area contributed by atoms with Crippen LogP contribution in [0.2, 0.25) is 0 Å². The maximum atomic E-state index is 2.48. The molecule has 2 atom stereocenters. The van der Waals surface area contributed by atoms with Crippen LogP contribution in [-0.2, 0) is 0 Å². The molecule has 0 aromatic carbocycles. The molecule has 0 nitrogen and oxygen atoms in total. The third-order valence-corrected chi connectivity index (χ3v) is 9.14. The topological polar surface area (TPSA) is 0 Å². The van der Waals surface area contributed by atoms with Gasteiger partial charge in [-0.25, -0.2) is 0 Å². The predicted octanol–water partition coefficient (Wildman–Crippen LogP) is 14.4. The Bertz CT molecular complexity index is 385. The van der Waals surface area contributed by atoms with Crippen LogP contribution < -0.4 is 0 Å². The molecule has 0 heteroatoms. The molecule has 0 aromatic heterocycles. The Labute approximate surface area is 238 Å². The summed E-state index contributed by atoms with van der Waals surface area (Å²) in [7, 11) is 0. The van der Waals surface area contributed by atoms with E-state index >= 15 is 0 Å². The van der Waals surface area contributed by atoms with Crippen LogP contribution in [0.5, 0.6) is 0 Å². The van der Waals surface area contributed by atoms with Crippen molar-refractivity contribution < 1.29 is 0 Å². The Balaban J connectivity index is 4.16. The Hall–Kier alpha value is 0. The monoisotopic (exact) mass is 521 g/mol. The Kier molecular flexibility index (Phi) is 32.2. The Morgan fingerprint density at radius 1 is 0.270 bits per heavy atom. The molecule has 0 radical (unpaired) electrons. The molecule has 0 fully saturated rings. The largest absolute Gasteiger partial charge is 0.0654 e. The van der Waals surface area contributed by atoms with Gasteiger partial charge in [0.05, 0.1) is 0 Å². The van der Waals surface area contributed by atoms with Crippen LogP contribution in [0, 0.1) is 11.8 Å². The van der Waals surface area contributed by atoms with Gasteiger partial charge in [0.15, 0.2) is 0 Å². The van der Waals surface area contributed by atoms with Gasteiger partial charge in [-0.2, -0.15) is 0 Å². The standard InChI is InChI=1S/C37H76/c1-5-9-12-15-18-21-22-25-28-31-34-37(33-30-27-24-20-17-14-11-7-3)35-36(8-4)32-29-26-23-19-16-13-10-6-2/h36-37H,5-35H2,1-4H3. The second kappa shape index (κ2) is 32.2. The van der Waals surface area contributed by atoms with E-state index in [1.54, 1.807) is 6.42 Å². The van der Waals surface area contributed by atoms with Gasteiger partial charge in [0, 0.05) is 0 Å². The summed E-state index contributed by atoms with van der Waals surface area (Å²) in [5, 5.41) is 0. The molecule has 37 heavy (non-hydrogen) atoms. The summed E-state index contributed by atoms with van der Waals surface area (Å²) in [6.07, 6.45) is 45.7. The number of hydrogen-bond donors (Lipinski definition) is 0. The van der Waals surface area contributed by atoms with Crippen LogP contribution in [0.25, 0.3) is 0 Å². The molecule has 0 aliphatic carbocycles. The van der Waals surface area contributed by atoms with E-state index in [9.17, 15) is 0 Å². The Morgan fingerprint density at radius 2 is 0.514 bits per heavy atom. The normalized spacial score (nSPS) is 13.3. The smallest absolute Gasteiger partial charge is 0.0412 e. The second-order valence-corrected chi connectivity index (χ2v) is 12.9. The van der Waals surface area contributed by atoms with E-state index in [0.29, 0.717) is 0 Å². The summed E-state index contributed by atoms with van der Waals surface area (Å²) in [5.41, 5.74) is 0. The van der Waals surface area contributed by atoms with Crippen molar-refractivity contribution in [1.82, 2.24) is 0 Å². The van der Waals surface area contributed by atoms with Crippen LogP contribution in [-0.4, -0.2) is 0 Å². The van der Waals surface area contributed by atoms with Gasteiger partial charge in [-0.05, 0) is 18.3 Å². The molecule has 0 aliphatic heterocycles. The summed E-state index contributed by atoms with van der Waals surface area (Å²) >= 11 is 0. The summed E-state index contributed by atoms with van der Waals surface area (Å²) in [6.45, 7) is 9.45. The van der Waals surface area contributed by atoms with Crippen molar-refractivity contribution in [3.63, 3.8) is 0 Å². The zero-order chi connectivity index (χ0) is 27.1. The van der Waals surface area contributed by atoms with Crippen molar-refractivity contribution in [2.24, 2.45) is 11.8 Å². The molecule has 0 saturated carbocycles. The van der Waals surface area contributed by atoms with E-state index < -0.39 is 0 Å². The van der Waals surface area contributed by atoms with Gasteiger partial charge in [-0.3, -0.25) is 0 Å². The number of rotatable bonds is 32. The third kappa shape index (κ3) is 28.8. The fourth-order valence-electron chi connectivity index (χ4n) is 6.39. The molecule has 2 unspecified atom stereocenters. The van der Waals surface area contributed by atoms with E-state index in [-0.39, 0.29) is 0 Å². The fourth-order valence-corrected chi connectivity index (χ4v) is 6.39. The van der Waals surface area contributed by atoms with E-state index in [2.05, 4.69) is 27.7 Å². The van der Waals surface area contributed by atoms with Crippen LogP contribution in [0.15, 0.2) is 0 Å². The van der Waals surface area contributed by atoms with Crippen LogP contribution in [0.1, 0.15) is 227 Å². The molecular weight excluding hydrogens is 444 g/mol. The van der Waals surface area contributed by atoms with Crippen LogP contribution >= 0.6 is 0 Å². The third-order valence-electron chi connectivity index (χ3n) is 9.14. The van der Waals surface area contributed by atoms with Gasteiger partial charge in [-0.15, -0.1) is 0 Å². The maximum absolute atomic E-state index is 2.48. The summed E-state index contributed by atoms with van der Waals surface area (Å²) in [5.74, 6) is 2.02. The highest BCUT2D eigenvalue weighted by molar-refractivity contribution is 4.68. The molecule has 0 aliphatic rings. The van der Waals surface area contributed by atoms with Crippen molar-refractivity contribution in [3.05, 3.63) is 0 Å². The van der Waals surface area contributed by atoms with Gasteiger partial charge in [0.25, 0.3) is 0 Å². The lowest BCUT2D eigenvalue weighted by Crippen LogP contribution is -2.09. The quantitative estimate of drug-likeness (QED) is 0.0773. The van der Waals surface area contributed by atoms with Crippen molar-refractivity contribution >= 4 is 0 Å². The average Bonchev–Trinajstić information content (AvgIpc) is 2.91. The van der Waals surface area contributed by atoms with Crippen molar-refractivity contribution in [2.45, 2.75) is 227 Å². The first-order valence-electron chi connectivity index (χ1n) is 18.3. The first kappa shape index (κ1) is 37.0. The predicted molar refractivity (Wildman–Crippen MR) is 173 cm³/mol. The number of hydrogen-bond acceptors (Lipinski definition) is 0. The van der Waals surface area contributed by atoms with E-state index in [4.69, 9.17) is 0 Å². The van der Waals surface area contributed by atoms with Crippen molar-refractivity contribution in [2.75, 3.05) is 0 Å². The minimum Gasteiger partial charge on any atom is -0.0654 e. The van der Waals surface area contributed by atoms with Crippen LogP contribution in [0.4, 0.5) is 0 Å². The number of unbranched alkanes of at least 4 members (excludes halogenated alkanes) is 23. The molecule has 0 heterocycles. The van der Waals surface area contributed by atoms with Crippen LogP contribution in [0.3, 0.4) is 0 Å². The van der Waals surface area contributed by atoms with Gasteiger partial charge in [0.2, 0.25) is 0 Å².